The zero-order valence-corrected chi connectivity index (χ0v) is 9.69. The summed E-state index contributed by atoms with van der Waals surface area (Å²) in [6.07, 6.45) is 0.985. The van der Waals surface area contributed by atoms with Gasteiger partial charge in [-0.1, -0.05) is 0 Å². The first-order chi connectivity index (χ1) is 8.97. The topological polar surface area (TPSA) is 49.0 Å². The second-order valence-corrected chi connectivity index (χ2v) is 3.82. The number of amides is 1. The maximum absolute atomic E-state index is 12.6. The van der Waals surface area contributed by atoms with Crippen LogP contribution in [-0.2, 0) is 0 Å². The van der Waals surface area contributed by atoms with Crippen LogP contribution >= 0.6 is 0 Å². The highest BCUT2D eigenvalue weighted by molar-refractivity contribution is 6.05. The zero-order valence-electron chi connectivity index (χ0n) is 9.69. The lowest BCUT2D eigenvalue weighted by molar-refractivity contribution is -0.118. The van der Waals surface area contributed by atoms with Gasteiger partial charge in [0.25, 0.3) is 5.91 Å². The molecule has 0 aliphatic rings. The molecule has 0 aromatic carbocycles. The number of hydrogen-bond acceptors (Lipinski definition) is 2. The highest BCUT2D eigenvalue weighted by atomic mass is 19.4. The number of carbonyl (C=O) groups excluding carboxylic acids is 1. The Hall–Kier alpha value is -2.31. The molecule has 0 fully saturated rings. The van der Waals surface area contributed by atoms with Gasteiger partial charge in [-0.3, -0.25) is 14.7 Å². The van der Waals surface area contributed by atoms with Gasteiger partial charge in [0.2, 0.25) is 0 Å². The van der Waals surface area contributed by atoms with E-state index >= 15 is 0 Å². The normalized spacial score (nSPS) is 11.3. The van der Waals surface area contributed by atoms with Crippen LogP contribution in [0.3, 0.4) is 0 Å². The smallest absolute Gasteiger partial charge is 0.367 e. The molecule has 0 unspecified atom stereocenters. The fraction of sp³-hybridized carbons (Fsp3) is 0.167. The van der Waals surface area contributed by atoms with Gasteiger partial charge in [0.1, 0.15) is 6.54 Å². The minimum Gasteiger partial charge on any atom is -0.367 e. The van der Waals surface area contributed by atoms with Crippen LogP contribution in [-0.4, -0.2) is 28.6 Å². The van der Waals surface area contributed by atoms with Crippen molar-refractivity contribution in [3.05, 3.63) is 48.5 Å². The third-order valence-corrected chi connectivity index (χ3v) is 2.39. The van der Waals surface area contributed by atoms with E-state index in [9.17, 15) is 18.0 Å². The van der Waals surface area contributed by atoms with E-state index in [0.717, 1.165) is 0 Å². The minimum absolute atomic E-state index is 0.103. The van der Waals surface area contributed by atoms with Crippen molar-refractivity contribution >= 4 is 11.6 Å². The lowest BCUT2D eigenvalue weighted by Gasteiger charge is -2.23. The largest absolute Gasteiger partial charge is 0.406 e. The molecule has 2 aromatic rings. The van der Waals surface area contributed by atoms with E-state index in [1.165, 1.54) is 43.0 Å². The number of alkyl halides is 3. The maximum Gasteiger partial charge on any atom is 0.406 e. The van der Waals surface area contributed by atoms with Crippen LogP contribution in [0.5, 0.6) is 0 Å². The van der Waals surface area contributed by atoms with E-state index in [1.807, 2.05) is 0 Å². The van der Waals surface area contributed by atoms with Crippen LogP contribution in [0.15, 0.2) is 43.0 Å². The van der Waals surface area contributed by atoms with E-state index in [1.54, 1.807) is 0 Å². The lowest BCUT2D eigenvalue weighted by atomic mass is 10.2. The fourth-order valence-electron chi connectivity index (χ4n) is 1.59. The molecule has 1 N–H and O–H groups in total. The SMILES string of the molecule is O=C(c1cc[nH]c1)N(CC(F)(F)F)c1cccnc1. The Balaban J connectivity index is 2.32. The number of aromatic nitrogens is 2. The first-order valence-corrected chi connectivity index (χ1v) is 5.39. The second-order valence-electron chi connectivity index (χ2n) is 3.82. The maximum atomic E-state index is 12.6. The zero-order chi connectivity index (χ0) is 13.9. The standard InChI is InChI=1S/C12H10F3N3O/c13-12(14,15)8-18(10-2-1-4-16-7-10)11(19)9-3-5-17-6-9/h1-7,17H,8H2. The van der Waals surface area contributed by atoms with E-state index in [-0.39, 0.29) is 11.3 Å². The molecule has 0 atom stereocenters. The minimum atomic E-state index is -4.48. The molecule has 0 aliphatic heterocycles. The van der Waals surface area contributed by atoms with Crippen molar-refractivity contribution in [3.63, 3.8) is 0 Å². The summed E-state index contributed by atoms with van der Waals surface area (Å²) in [5.41, 5.74) is 0.263. The Kier molecular flexibility index (Phi) is 3.55. The number of nitrogens with zero attached hydrogens (tertiary/aromatic N) is 2. The molecule has 0 spiro atoms. The molecule has 4 nitrogen and oxygen atoms in total. The van der Waals surface area contributed by atoms with Crippen molar-refractivity contribution < 1.29 is 18.0 Å². The summed E-state index contributed by atoms with van der Waals surface area (Å²) in [6, 6.07) is 4.30. The van der Waals surface area contributed by atoms with Gasteiger partial charge in [-0.05, 0) is 18.2 Å². The highest BCUT2D eigenvalue weighted by Crippen LogP contribution is 2.23. The van der Waals surface area contributed by atoms with Crippen LogP contribution in [0.1, 0.15) is 10.4 Å². The summed E-state index contributed by atoms with van der Waals surface area (Å²) in [6.45, 7) is -1.36. The average Bonchev–Trinajstić information content (AvgIpc) is 2.89. The first kappa shape index (κ1) is 13.1. The Bertz CT molecular complexity index is 537. The van der Waals surface area contributed by atoms with Gasteiger partial charge in [0.15, 0.2) is 0 Å². The van der Waals surface area contributed by atoms with Gasteiger partial charge in [0, 0.05) is 18.6 Å². The number of rotatable bonds is 3. The first-order valence-electron chi connectivity index (χ1n) is 5.39. The number of anilines is 1. The number of halogens is 3. The van der Waals surface area contributed by atoms with Gasteiger partial charge >= 0.3 is 6.18 Å². The summed E-state index contributed by atoms with van der Waals surface area (Å²) in [5.74, 6) is -0.730. The molecule has 0 saturated heterocycles. The average molecular weight is 269 g/mol. The molecule has 2 heterocycles. The molecule has 0 bridgehead atoms. The predicted octanol–water partition coefficient (Wildman–Crippen LogP) is 2.62. The van der Waals surface area contributed by atoms with Crippen LogP contribution in [0, 0.1) is 0 Å². The monoisotopic (exact) mass is 269 g/mol. The van der Waals surface area contributed by atoms with Crippen molar-refractivity contribution in [1.29, 1.82) is 0 Å². The van der Waals surface area contributed by atoms with Crippen molar-refractivity contribution in [3.8, 4) is 0 Å². The third kappa shape index (κ3) is 3.34. The van der Waals surface area contributed by atoms with Crippen LogP contribution < -0.4 is 4.90 Å². The summed E-state index contributed by atoms with van der Waals surface area (Å²) in [7, 11) is 0. The number of hydrogen-bond donors (Lipinski definition) is 1. The van der Waals surface area contributed by atoms with Gasteiger partial charge in [-0.15, -0.1) is 0 Å². The molecule has 7 heteroatoms. The summed E-state index contributed by atoms with van der Waals surface area (Å²) in [5, 5.41) is 0. The second kappa shape index (κ2) is 5.13. The van der Waals surface area contributed by atoms with Gasteiger partial charge < -0.3 is 4.98 Å². The Morgan fingerprint density at radius 2 is 2.16 bits per heavy atom. The molecule has 100 valence electrons. The van der Waals surface area contributed by atoms with Crippen LogP contribution in [0.2, 0.25) is 0 Å². The lowest BCUT2D eigenvalue weighted by Crippen LogP contribution is -2.39. The molecular formula is C12H10F3N3O. The van der Waals surface area contributed by atoms with Crippen molar-refractivity contribution in [1.82, 2.24) is 9.97 Å². The number of carbonyl (C=O) groups is 1. The molecule has 2 aromatic heterocycles. The Labute approximate surface area is 106 Å². The molecule has 0 saturated carbocycles. The highest BCUT2D eigenvalue weighted by Gasteiger charge is 2.34. The fourth-order valence-corrected chi connectivity index (χ4v) is 1.59. The summed E-state index contributed by atoms with van der Waals surface area (Å²) < 4.78 is 37.7. The number of aromatic amines is 1. The quantitative estimate of drug-likeness (QED) is 0.931. The van der Waals surface area contributed by atoms with Crippen LogP contribution in [0.4, 0.5) is 18.9 Å². The summed E-state index contributed by atoms with van der Waals surface area (Å²) >= 11 is 0. The van der Waals surface area contributed by atoms with Crippen molar-refractivity contribution in [2.24, 2.45) is 0 Å². The van der Waals surface area contributed by atoms with Crippen LogP contribution in [0.25, 0.3) is 0 Å². The Morgan fingerprint density at radius 3 is 2.68 bits per heavy atom. The molecular weight excluding hydrogens is 259 g/mol. The molecule has 0 aliphatic carbocycles. The Morgan fingerprint density at radius 1 is 1.37 bits per heavy atom. The number of H-pyrrole nitrogens is 1. The third-order valence-electron chi connectivity index (χ3n) is 2.39. The van der Waals surface area contributed by atoms with E-state index < -0.39 is 18.6 Å². The van der Waals surface area contributed by atoms with Gasteiger partial charge in [0.05, 0.1) is 17.4 Å². The van der Waals surface area contributed by atoms with Crippen molar-refractivity contribution in [2.45, 2.75) is 6.18 Å². The van der Waals surface area contributed by atoms with E-state index in [4.69, 9.17) is 0 Å². The van der Waals surface area contributed by atoms with E-state index in [2.05, 4.69) is 9.97 Å². The molecule has 1 amide bonds. The predicted molar refractivity (Wildman–Crippen MR) is 62.8 cm³/mol. The molecule has 0 radical (unpaired) electrons. The van der Waals surface area contributed by atoms with Gasteiger partial charge in [-0.2, -0.15) is 13.2 Å². The van der Waals surface area contributed by atoms with Gasteiger partial charge in [-0.25, -0.2) is 0 Å². The number of pyridine rings is 1. The molecule has 2 rings (SSSR count). The van der Waals surface area contributed by atoms with Crippen molar-refractivity contribution in [2.75, 3.05) is 11.4 Å². The molecule has 19 heavy (non-hydrogen) atoms. The summed E-state index contributed by atoms with van der Waals surface area (Å²) in [4.78, 5) is 19.1. The van der Waals surface area contributed by atoms with E-state index in [0.29, 0.717) is 4.90 Å². The number of nitrogens with one attached hydrogen (secondary N) is 1.